The Balaban J connectivity index is 1.54. The molecule has 0 radical (unpaired) electrons. The maximum Gasteiger partial charge on any atom is 0.101 e. The van der Waals surface area contributed by atoms with E-state index in [-0.39, 0.29) is 31.0 Å². The van der Waals surface area contributed by atoms with Gasteiger partial charge in [0.25, 0.3) is 0 Å². The van der Waals surface area contributed by atoms with E-state index in [0.29, 0.717) is 5.56 Å². The summed E-state index contributed by atoms with van der Waals surface area (Å²) in [5, 5.41) is 19.9. The highest BCUT2D eigenvalue weighted by Gasteiger charge is 2.31. The highest BCUT2D eigenvalue weighted by molar-refractivity contribution is 5.95. The van der Waals surface area contributed by atoms with Crippen molar-refractivity contribution in [3.05, 3.63) is 36.0 Å². The molecule has 1 aromatic carbocycles. The van der Waals surface area contributed by atoms with Gasteiger partial charge in [-0.2, -0.15) is 5.26 Å². The van der Waals surface area contributed by atoms with E-state index in [4.69, 9.17) is 9.47 Å². The lowest BCUT2D eigenvalue weighted by Gasteiger charge is -2.42. The van der Waals surface area contributed by atoms with Crippen LogP contribution in [0.4, 0.5) is 5.69 Å². The van der Waals surface area contributed by atoms with Gasteiger partial charge in [0.05, 0.1) is 42.1 Å². The Kier molecular flexibility index (Phi) is 5.97. The van der Waals surface area contributed by atoms with Crippen LogP contribution < -0.4 is 4.90 Å². The fourth-order valence-electron chi connectivity index (χ4n) is 4.54. The third kappa shape index (κ3) is 4.36. The van der Waals surface area contributed by atoms with Gasteiger partial charge in [0.2, 0.25) is 0 Å². The van der Waals surface area contributed by atoms with E-state index < -0.39 is 0 Å². The zero-order valence-corrected chi connectivity index (χ0v) is 17.0. The van der Waals surface area contributed by atoms with Crippen molar-refractivity contribution in [3.63, 3.8) is 0 Å². The van der Waals surface area contributed by atoms with E-state index in [9.17, 15) is 10.4 Å². The molecule has 0 spiro atoms. The van der Waals surface area contributed by atoms with Gasteiger partial charge in [0, 0.05) is 50.0 Å². The number of hydrogen-bond donors (Lipinski definition) is 1. The number of morpholine rings is 2. The molecule has 0 unspecified atom stereocenters. The molecule has 1 N–H and O–H groups in total. The molecule has 1 aromatic heterocycles. The number of hydrogen-bond acceptors (Lipinski definition) is 7. The monoisotopic (exact) mass is 396 g/mol. The molecule has 2 aliphatic rings. The first-order valence-corrected chi connectivity index (χ1v) is 10.2. The molecule has 2 aliphatic heterocycles. The number of pyridine rings is 1. The van der Waals surface area contributed by atoms with E-state index in [1.54, 1.807) is 6.20 Å². The predicted octanol–water partition coefficient (Wildman–Crippen LogP) is 1.78. The zero-order chi connectivity index (χ0) is 20.4. The molecule has 4 atom stereocenters. The summed E-state index contributed by atoms with van der Waals surface area (Å²) >= 11 is 0. The Bertz CT molecular complexity index is 899. The smallest absolute Gasteiger partial charge is 0.101 e. The maximum atomic E-state index is 9.49. The zero-order valence-electron chi connectivity index (χ0n) is 17.0. The fourth-order valence-corrected chi connectivity index (χ4v) is 4.54. The van der Waals surface area contributed by atoms with Crippen molar-refractivity contribution in [2.45, 2.75) is 38.3 Å². The standard InChI is InChI=1S/C22H28N4O3/c1-15-9-25(12-19(14-27)29-15)11-18-13-26(10-16(2)28-18)21-6-5-17(8-23)22-20(21)4-3-7-24-22/h3-7,15-16,18-19,27H,9-14H2,1-2H3/t15-,16-,18-,19-/m1/s1. The largest absolute Gasteiger partial charge is 0.394 e. The number of aliphatic hydroxyl groups is 1. The van der Waals surface area contributed by atoms with Gasteiger partial charge in [-0.15, -0.1) is 0 Å². The van der Waals surface area contributed by atoms with Crippen LogP contribution in [0.1, 0.15) is 19.4 Å². The van der Waals surface area contributed by atoms with Crippen molar-refractivity contribution in [3.8, 4) is 6.07 Å². The second kappa shape index (κ2) is 8.64. The van der Waals surface area contributed by atoms with E-state index >= 15 is 0 Å². The highest BCUT2D eigenvalue weighted by atomic mass is 16.5. The number of aromatic nitrogens is 1. The molecule has 7 nitrogen and oxygen atoms in total. The van der Waals surface area contributed by atoms with E-state index in [1.807, 2.05) is 31.2 Å². The normalized spacial score (nSPS) is 28.4. The minimum Gasteiger partial charge on any atom is -0.394 e. The molecule has 0 bridgehead atoms. The van der Waals surface area contributed by atoms with Crippen LogP contribution in [0.25, 0.3) is 10.9 Å². The van der Waals surface area contributed by atoms with E-state index in [2.05, 4.69) is 27.8 Å². The number of nitriles is 1. The van der Waals surface area contributed by atoms with E-state index in [1.165, 1.54) is 0 Å². The molecule has 3 heterocycles. The summed E-state index contributed by atoms with van der Waals surface area (Å²) < 4.78 is 12.0. The minimum atomic E-state index is -0.135. The van der Waals surface area contributed by atoms with Gasteiger partial charge in [-0.1, -0.05) is 0 Å². The summed E-state index contributed by atoms with van der Waals surface area (Å²) in [7, 11) is 0. The van der Waals surface area contributed by atoms with Crippen molar-refractivity contribution in [1.29, 1.82) is 5.26 Å². The number of ether oxygens (including phenoxy) is 2. The molecule has 0 aliphatic carbocycles. The Morgan fingerprint density at radius 1 is 1.10 bits per heavy atom. The molecule has 2 aromatic rings. The molecule has 0 amide bonds. The molecule has 4 rings (SSSR count). The van der Waals surface area contributed by atoms with Crippen LogP contribution in [0.3, 0.4) is 0 Å². The molecule has 2 saturated heterocycles. The SMILES string of the molecule is C[C@@H]1CN(C[C@@H]2CN(c3ccc(C#N)c4ncccc34)C[C@@H](C)O2)C[C@H](CO)O1. The Morgan fingerprint density at radius 3 is 2.69 bits per heavy atom. The number of rotatable bonds is 4. The van der Waals surface area contributed by atoms with Gasteiger partial charge < -0.3 is 19.5 Å². The van der Waals surface area contributed by atoms with Crippen LogP contribution in [-0.4, -0.2) is 78.7 Å². The van der Waals surface area contributed by atoms with Crippen molar-refractivity contribution in [2.24, 2.45) is 0 Å². The number of anilines is 1. The number of nitrogens with zero attached hydrogens (tertiary/aromatic N) is 4. The Labute approximate surface area is 171 Å². The van der Waals surface area contributed by atoms with Crippen LogP contribution in [0.2, 0.25) is 0 Å². The van der Waals surface area contributed by atoms with Crippen molar-refractivity contribution >= 4 is 16.6 Å². The highest BCUT2D eigenvalue weighted by Crippen LogP contribution is 2.30. The van der Waals surface area contributed by atoms with Crippen LogP contribution in [0.15, 0.2) is 30.5 Å². The van der Waals surface area contributed by atoms with Crippen LogP contribution in [0, 0.1) is 11.3 Å². The Hall–Kier alpha value is -2.24. The topological polar surface area (TPSA) is 81.9 Å². The molecular weight excluding hydrogens is 368 g/mol. The van der Waals surface area contributed by atoms with Gasteiger partial charge in [0.15, 0.2) is 0 Å². The lowest BCUT2D eigenvalue weighted by atomic mass is 10.1. The van der Waals surface area contributed by atoms with Gasteiger partial charge in [-0.05, 0) is 38.1 Å². The lowest BCUT2D eigenvalue weighted by Crippen LogP contribution is -2.55. The Morgan fingerprint density at radius 2 is 1.90 bits per heavy atom. The average molecular weight is 396 g/mol. The van der Waals surface area contributed by atoms with Crippen LogP contribution in [0.5, 0.6) is 0 Å². The summed E-state index contributed by atoms with van der Waals surface area (Å²) in [4.78, 5) is 9.11. The minimum absolute atomic E-state index is 0.0408. The van der Waals surface area contributed by atoms with Crippen molar-refractivity contribution in [2.75, 3.05) is 44.2 Å². The number of aliphatic hydroxyl groups excluding tert-OH is 1. The first-order chi connectivity index (χ1) is 14.1. The average Bonchev–Trinajstić information content (AvgIpc) is 2.72. The molecule has 29 heavy (non-hydrogen) atoms. The lowest BCUT2D eigenvalue weighted by molar-refractivity contribution is -0.111. The maximum absolute atomic E-state index is 9.49. The third-order valence-electron chi connectivity index (χ3n) is 5.60. The quantitative estimate of drug-likeness (QED) is 0.844. The molecule has 7 heteroatoms. The van der Waals surface area contributed by atoms with Crippen molar-refractivity contribution in [1.82, 2.24) is 9.88 Å². The van der Waals surface area contributed by atoms with Gasteiger partial charge in [0.1, 0.15) is 6.07 Å². The summed E-state index contributed by atoms with van der Waals surface area (Å²) in [6, 6.07) is 10.1. The van der Waals surface area contributed by atoms with Gasteiger partial charge in [-0.25, -0.2) is 0 Å². The molecular formula is C22H28N4O3. The number of benzene rings is 1. The summed E-state index contributed by atoms with van der Waals surface area (Å²) in [5.41, 5.74) is 2.44. The first kappa shape index (κ1) is 20.0. The van der Waals surface area contributed by atoms with Gasteiger partial charge in [-0.3, -0.25) is 9.88 Å². The summed E-state index contributed by atoms with van der Waals surface area (Å²) in [6.45, 7) is 8.12. The number of fused-ring (bicyclic) bond motifs is 1. The summed E-state index contributed by atoms with van der Waals surface area (Å²) in [6.07, 6.45) is 1.86. The fraction of sp³-hybridized carbons (Fsp3) is 0.545. The van der Waals surface area contributed by atoms with E-state index in [0.717, 1.165) is 49.3 Å². The first-order valence-electron chi connectivity index (χ1n) is 10.2. The van der Waals surface area contributed by atoms with Crippen molar-refractivity contribution < 1.29 is 14.6 Å². The molecule has 154 valence electrons. The van der Waals surface area contributed by atoms with Crippen LogP contribution in [-0.2, 0) is 9.47 Å². The third-order valence-corrected chi connectivity index (χ3v) is 5.60. The predicted molar refractivity (Wildman–Crippen MR) is 111 cm³/mol. The second-order valence-electron chi connectivity index (χ2n) is 8.09. The second-order valence-corrected chi connectivity index (χ2v) is 8.09. The summed E-state index contributed by atoms with van der Waals surface area (Å²) in [5.74, 6) is 0. The molecule has 0 saturated carbocycles. The molecule has 2 fully saturated rings. The van der Waals surface area contributed by atoms with Gasteiger partial charge >= 0.3 is 0 Å². The van der Waals surface area contributed by atoms with Crippen LogP contribution >= 0.6 is 0 Å².